The second-order valence-corrected chi connectivity index (χ2v) is 7.29. The van der Waals surface area contributed by atoms with Crippen LogP contribution in [0.1, 0.15) is 28.5 Å². The maximum atomic E-state index is 11.5. The zero-order chi connectivity index (χ0) is 17.6. The highest BCUT2D eigenvalue weighted by molar-refractivity contribution is 7.18. The Morgan fingerprint density at radius 1 is 1.32 bits per heavy atom. The molecular weight excluding hydrogens is 334 g/mol. The molecule has 2 aromatic heterocycles. The second-order valence-electron chi connectivity index (χ2n) is 6.09. The first kappa shape index (κ1) is 15.7. The first-order valence-electron chi connectivity index (χ1n) is 7.97. The van der Waals surface area contributed by atoms with Crippen LogP contribution in [0.5, 0.6) is 0 Å². The van der Waals surface area contributed by atoms with Crippen LogP contribution in [0.2, 0.25) is 0 Å². The van der Waals surface area contributed by atoms with Crippen molar-refractivity contribution in [2.24, 2.45) is 5.10 Å². The van der Waals surface area contributed by atoms with Crippen molar-refractivity contribution < 1.29 is 4.79 Å². The summed E-state index contributed by atoms with van der Waals surface area (Å²) < 4.78 is 0. The molecule has 3 aromatic rings. The molecule has 7 heteroatoms. The van der Waals surface area contributed by atoms with Crippen molar-refractivity contribution in [3.05, 3.63) is 46.1 Å². The van der Waals surface area contributed by atoms with E-state index in [-0.39, 0.29) is 5.91 Å². The molecule has 6 nitrogen and oxygen atoms in total. The zero-order valence-electron chi connectivity index (χ0n) is 14.2. The SMILES string of the molecule is C/C(=N\Nc1ncnc2sc(C)c(C)c12)c1ccc2c(c1)CC(=O)N2. The van der Waals surface area contributed by atoms with Gasteiger partial charge < -0.3 is 5.32 Å². The van der Waals surface area contributed by atoms with Crippen LogP contribution in [0.15, 0.2) is 29.6 Å². The monoisotopic (exact) mass is 351 g/mol. The molecule has 0 unspecified atom stereocenters. The lowest BCUT2D eigenvalue weighted by Crippen LogP contribution is -2.03. The quantitative estimate of drug-likeness (QED) is 0.558. The van der Waals surface area contributed by atoms with Gasteiger partial charge in [0.2, 0.25) is 5.91 Å². The van der Waals surface area contributed by atoms with Gasteiger partial charge in [0.1, 0.15) is 11.2 Å². The van der Waals surface area contributed by atoms with Crippen LogP contribution in [-0.4, -0.2) is 21.6 Å². The van der Waals surface area contributed by atoms with Crippen molar-refractivity contribution in [3.63, 3.8) is 0 Å². The Bertz CT molecular complexity index is 1040. The number of hydrogen-bond donors (Lipinski definition) is 2. The number of aryl methyl sites for hydroxylation is 2. The average Bonchev–Trinajstić information content (AvgIpc) is 3.11. The maximum Gasteiger partial charge on any atom is 0.228 e. The molecule has 1 aromatic carbocycles. The number of anilines is 2. The molecule has 1 aliphatic rings. The van der Waals surface area contributed by atoms with Gasteiger partial charge in [-0.3, -0.25) is 10.2 Å². The molecule has 25 heavy (non-hydrogen) atoms. The Morgan fingerprint density at radius 2 is 2.16 bits per heavy atom. The van der Waals surface area contributed by atoms with Gasteiger partial charge in [0.25, 0.3) is 0 Å². The van der Waals surface area contributed by atoms with E-state index >= 15 is 0 Å². The van der Waals surface area contributed by atoms with Crippen LogP contribution < -0.4 is 10.7 Å². The van der Waals surface area contributed by atoms with Gasteiger partial charge in [0, 0.05) is 10.6 Å². The third-order valence-electron chi connectivity index (χ3n) is 4.44. The second kappa shape index (κ2) is 5.93. The Labute approximate surface area is 149 Å². The molecule has 1 aliphatic heterocycles. The molecule has 0 bridgehead atoms. The number of carbonyl (C=O) groups is 1. The van der Waals surface area contributed by atoms with E-state index in [9.17, 15) is 4.79 Å². The summed E-state index contributed by atoms with van der Waals surface area (Å²) in [6.07, 6.45) is 1.97. The van der Waals surface area contributed by atoms with E-state index < -0.39 is 0 Å². The molecular formula is C18H17N5OS. The number of carbonyl (C=O) groups excluding carboxylic acids is 1. The third kappa shape index (κ3) is 2.76. The van der Waals surface area contributed by atoms with Crippen molar-refractivity contribution in [3.8, 4) is 0 Å². The first-order valence-corrected chi connectivity index (χ1v) is 8.78. The van der Waals surface area contributed by atoms with E-state index in [1.54, 1.807) is 17.7 Å². The van der Waals surface area contributed by atoms with E-state index in [1.165, 1.54) is 10.4 Å². The minimum atomic E-state index is 0.0338. The van der Waals surface area contributed by atoms with Gasteiger partial charge in [-0.1, -0.05) is 6.07 Å². The maximum absolute atomic E-state index is 11.5. The minimum Gasteiger partial charge on any atom is -0.326 e. The summed E-state index contributed by atoms with van der Waals surface area (Å²) in [5.41, 5.74) is 7.96. The van der Waals surface area contributed by atoms with Gasteiger partial charge in [-0.2, -0.15) is 5.10 Å². The molecule has 0 radical (unpaired) electrons. The van der Waals surface area contributed by atoms with E-state index in [0.29, 0.717) is 12.2 Å². The Morgan fingerprint density at radius 3 is 3.00 bits per heavy atom. The molecule has 1 amide bonds. The lowest BCUT2D eigenvalue weighted by atomic mass is 10.1. The number of hydrogen-bond acceptors (Lipinski definition) is 6. The largest absolute Gasteiger partial charge is 0.326 e. The Kier molecular flexibility index (Phi) is 3.73. The molecule has 0 saturated heterocycles. The van der Waals surface area contributed by atoms with Gasteiger partial charge in [0.05, 0.1) is 17.5 Å². The average molecular weight is 351 g/mol. The summed E-state index contributed by atoms with van der Waals surface area (Å²) in [6.45, 7) is 6.09. The molecule has 0 spiro atoms. The number of thiophene rings is 1. The smallest absolute Gasteiger partial charge is 0.228 e. The summed E-state index contributed by atoms with van der Waals surface area (Å²) in [4.78, 5) is 22.3. The fraction of sp³-hybridized carbons (Fsp3) is 0.222. The van der Waals surface area contributed by atoms with E-state index in [1.807, 2.05) is 25.1 Å². The van der Waals surface area contributed by atoms with Gasteiger partial charge in [-0.25, -0.2) is 9.97 Å². The molecule has 0 atom stereocenters. The summed E-state index contributed by atoms with van der Waals surface area (Å²) >= 11 is 1.66. The molecule has 0 fully saturated rings. The predicted octanol–water partition coefficient (Wildman–Crippen LogP) is 3.64. The zero-order valence-corrected chi connectivity index (χ0v) is 15.0. The van der Waals surface area contributed by atoms with Gasteiger partial charge in [-0.15, -0.1) is 11.3 Å². The molecule has 2 N–H and O–H groups in total. The molecule has 0 aliphatic carbocycles. The first-order chi connectivity index (χ1) is 12.0. The van der Waals surface area contributed by atoms with E-state index in [4.69, 9.17) is 0 Å². The van der Waals surface area contributed by atoms with Crippen molar-refractivity contribution in [1.29, 1.82) is 0 Å². The number of rotatable bonds is 3. The predicted molar refractivity (Wildman–Crippen MR) is 101 cm³/mol. The van der Waals surface area contributed by atoms with E-state index in [0.717, 1.165) is 32.7 Å². The summed E-state index contributed by atoms with van der Waals surface area (Å²) in [6, 6.07) is 5.88. The van der Waals surface area contributed by atoms with Crippen molar-refractivity contribution >= 4 is 44.7 Å². The van der Waals surface area contributed by atoms with Gasteiger partial charge >= 0.3 is 0 Å². The van der Waals surface area contributed by atoms with Crippen LogP contribution in [0.4, 0.5) is 11.5 Å². The minimum absolute atomic E-state index is 0.0338. The normalized spacial score (nSPS) is 13.9. The molecule has 3 heterocycles. The lowest BCUT2D eigenvalue weighted by Gasteiger charge is -2.06. The number of fused-ring (bicyclic) bond motifs is 2. The number of nitrogens with one attached hydrogen (secondary N) is 2. The fourth-order valence-corrected chi connectivity index (χ4v) is 3.92. The number of aromatic nitrogens is 2. The topological polar surface area (TPSA) is 79.3 Å². The van der Waals surface area contributed by atoms with Gasteiger partial charge in [0.15, 0.2) is 5.82 Å². The highest BCUT2D eigenvalue weighted by Gasteiger charge is 2.18. The van der Waals surface area contributed by atoms with Crippen LogP contribution in [0, 0.1) is 13.8 Å². The standard InChI is InChI=1S/C18H17N5OS/c1-9-11(3)25-18-16(9)17(19-8-20-18)23-22-10(2)12-4-5-14-13(6-12)7-15(24)21-14/h4-6,8H,7H2,1-3H3,(H,21,24)(H,19,20,23)/b22-10+. The third-order valence-corrected chi connectivity index (χ3v) is 5.56. The van der Waals surface area contributed by atoms with Crippen LogP contribution >= 0.6 is 11.3 Å². The highest BCUT2D eigenvalue weighted by atomic mass is 32.1. The van der Waals surface area contributed by atoms with Crippen LogP contribution in [0.25, 0.3) is 10.2 Å². The van der Waals surface area contributed by atoms with Gasteiger partial charge in [-0.05, 0) is 49.6 Å². The fourth-order valence-electron chi connectivity index (χ4n) is 2.92. The van der Waals surface area contributed by atoms with Crippen LogP contribution in [0.3, 0.4) is 0 Å². The molecule has 4 rings (SSSR count). The number of benzene rings is 1. The Hall–Kier alpha value is -2.80. The number of amides is 1. The Balaban J connectivity index is 1.64. The number of hydrazone groups is 1. The summed E-state index contributed by atoms with van der Waals surface area (Å²) in [5, 5.41) is 8.34. The van der Waals surface area contributed by atoms with Crippen molar-refractivity contribution in [2.45, 2.75) is 27.2 Å². The van der Waals surface area contributed by atoms with Crippen molar-refractivity contribution in [1.82, 2.24) is 9.97 Å². The number of nitrogens with zero attached hydrogens (tertiary/aromatic N) is 3. The van der Waals surface area contributed by atoms with E-state index in [2.05, 4.69) is 39.7 Å². The van der Waals surface area contributed by atoms with Crippen molar-refractivity contribution in [2.75, 3.05) is 10.7 Å². The lowest BCUT2D eigenvalue weighted by molar-refractivity contribution is -0.115. The molecule has 0 saturated carbocycles. The summed E-state index contributed by atoms with van der Waals surface area (Å²) in [7, 11) is 0. The molecule has 126 valence electrons. The summed E-state index contributed by atoms with van der Waals surface area (Å²) in [5.74, 6) is 0.746. The van der Waals surface area contributed by atoms with Crippen LogP contribution in [-0.2, 0) is 11.2 Å². The highest BCUT2D eigenvalue weighted by Crippen LogP contribution is 2.32.